The maximum atomic E-state index is 12.5. The highest BCUT2D eigenvalue weighted by Gasteiger charge is 2.29. The van der Waals surface area contributed by atoms with E-state index in [9.17, 15) is 26.4 Å². The van der Waals surface area contributed by atoms with Crippen LogP contribution in [0.3, 0.4) is 0 Å². The maximum Gasteiger partial charge on any atom is 0.422 e. The Morgan fingerprint density at radius 2 is 1.69 bits per heavy atom. The van der Waals surface area contributed by atoms with Gasteiger partial charge in [-0.05, 0) is 61.0 Å². The van der Waals surface area contributed by atoms with Gasteiger partial charge in [-0.2, -0.15) is 13.2 Å². The molecule has 0 aliphatic rings. The number of aryl methyl sites for hydroxylation is 1. The second kappa shape index (κ2) is 9.27. The molecule has 0 saturated carbocycles. The van der Waals surface area contributed by atoms with Crippen LogP contribution in [0.15, 0.2) is 71.9 Å². The molecule has 2 N–H and O–H groups in total. The molecule has 168 valence electrons. The largest absolute Gasteiger partial charge is 0.482 e. The van der Waals surface area contributed by atoms with Gasteiger partial charge in [0, 0.05) is 18.0 Å². The van der Waals surface area contributed by atoms with Crippen LogP contribution in [0.4, 0.5) is 24.5 Å². The molecule has 0 radical (unpaired) electrons. The minimum absolute atomic E-state index is 0.0564. The second-order valence-electron chi connectivity index (χ2n) is 6.72. The minimum Gasteiger partial charge on any atom is -0.482 e. The molecular weight excluding hydrogens is 447 g/mol. The van der Waals surface area contributed by atoms with E-state index in [2.05, 4.69) is 15.0 Å². The van der Waals surface area contributed by atoms with Gasteiger partial charge in [-0.1, -0.05) is 6.07 Å². The first-order valence-corrected chi connectivity index (χ1v) is 10.7. The average Bonchev–Trinajstić information content (AvgIpc) is 2.74. The summed E-state index contributed by atoms with van der Waals surface area (Å²) >= 11 is 0. The molecule has 1 heterocycles. The van der Waals surface area contributed by atoms with Crippen LogP contribution in [0.2, 0.25) is 0 Å². The number of hydrogen-bond donors (Lipinski definition) is 2. The van der Waals surface area contributed by atoms with Gasteiger partial charge < -0.3 is 10.1 Å². The van der Waals surface area contributed by atoms with E-state index >= 15 is 0 Å². The zero-order valence-electron chi connectivity index (χ0n) is 16.7. The molecule has 0 bridgehead atoms. The van der Waals surface area contributed by atoms with Crippen molar-refractivity contribution in [3.05, 3.63) is 78.1 Å². The van der Waals surface area contributed by atoms with Gasteiger partial charge in [0.1, 0.15) is 5.75 Å². The van der Waals surface area contributed by atoms with Crippen LogP contribution >= 0.6 is 0 Å². The first kappa shape index (κ1) is 23.1. The molecule has 1 aromatic heterocycles. The van der Waals surface area contributed by atoms with Crippen molar-refractivity contribution in [2.75, 3.05) is 16.6 Å². The number of pyridine rings is 1. The van der Waals surface area contributed by atoms with Crippen LogP contribution in [0.1, 0.15) is 15.9 Å². The second-order valence-corrected chi connectivity index (χ2v) is 8.41. The highest BCUT2D eigenvalue weighted by molar-refractivity contribution is 7.92. The van der Waals surface area contributed by atoms with Crippen molar-refractivity contribution in [1.29, 1.82) is 0 Å². The Morgan fingerprint density at radius 3 is 2.31 bits per heavy atom. The minimum atomic E-state index is -4.53. The third-order valence-electron chi connectivity index (χ3n) is 4.14. The fourth-order valence-corrected chi connectivity index (χ4v) is 3.68. The van der Waals surface area contributed by atoms with Gasteiger partial charge in [0.25, 0.3) is 15.9 Å². The van der Waals surface area contributed by atoms with E-state index in [-0.39, 0.29) is 21.9 Å². The van der Waals surface area contributed by atoms with Crippen molar-refractivity contribution in [1.82, 2.24) is 4.98 Å². The Kier molecular flexibility index (Phi) is 6.68. The summed E-state index contributed by atoms with van der Waals surface area (Å²) in [7, 11) is -3.88. The molecule has 32 heavy (non-hydrogen) atoms. The van der Waals surface area contributed by atoms with Crippen molar-refractivity contribution < 1.29 is 31.1 Å². The first-order valence-electron chi connectivity index (χ1n) is 9.18. The van der Waals surface area contributed by atoms with Crippen LogP contribution in [0.5, 0.6) is 5.75 Å². The molecule has 0 spiro atoms. The third-order valence-corrected chi connectivity index (χ3v) is 5.53. The Balaban J connectivity index is 1.74. The summed E-state index contributed by atoms with van der Waals surface area (Å²) in [4.78, 5) is 16.3. The van der Waals surface area contributed by atoms with Gasteiger partial charge >= 0.3 is 6.18 Å². The van der Waals surface area contributed by atoms with E-state index < -0.39 is 28.7 Å². The van der Waals surface area contributed by atoms with Crippen LogP contribution in [-0.4, -0.2) is 32.1 Å². The highest BCUT2D eigenvalue weighted by atomic mass is 32.2. The predicted molar refractivity (Wildman–Crippen MR) is 112 cm³/mol. The van der Waals surface area contributed by atoms with Crippen molar-refractivity contribution in [2.45, 2.75) is 18.0 Å². The van der Waals surface area contributed by atoms with Gasteiger partial charge in [0.15, 0.2) is 6.61 Å². The van der Waals surface area contributed by atoms with Crippen LogP contribution in [0, 0.1) is 6.92 Å². The lowest BCUT2D eigenvalue weighted by Crippen LogP contribution is -2.20. The lowest BCUT2D eigenvalue weighted by molar-refractivity contribution is -0.153. The summed E-state index contributed by atoms with van der Waals surface area (Å²) in [6.07, 6.45) is -1.66. The van der Waals surface area contributed by atoms with E-state index in [4.69, 9.17) is 4.74 Å². The summed E-state index contributed by atoms with van der Waals surface area (Å²) in [5.41, 5.74) is 1.14. The molecule has 0 saturated heterocycles. The molecule has 1 amide bonds. The molecule has 2 aromatic carbocycles. The number of carbonyl (C=O) groups is 1. The Morgan fingerprint density at radius 1 is 1.03 bits per heavy atom. The molecule has 11 heteroatoms. The topological polar surface area (TPSA) is 97.4 Å². The summed E-state index contributed by atoms with van der Waals surface area (Å²) in [5, 5.41) is 2.49. The number of amides is 1. The molecule has 0 fully saturated rings. The zero-order valence-corrected chi connectivity index (χ0v) is 17.5. The number of alkyl halides is 3. The average molecular weight is 465 g/mol. The van der Waals surface area contributed by atoms with Gasteiger partial charge in [-0.25, -0.2) is 8.42 Å². The van der Waals surface area contributed by atoms with E-state index in [1.165, 1.54) is 60.9 Å². The number of aromatic nitrogens is 1. The molecule has 0 aliphatic carbocycles. The molecule has 3 aromatic rings. The van der Waals surface area contributed by atoms with Crippen LogP contribution < -0.4 is 14.8 Å². The smallest absolute Gasteiger partial charge is 0.422 e. The quantitative estimate of drug-likeness (QED) is 0.540. The fraction of sp³-hybridized carbons (Fsp3) is 0.143. The monoisotopic (exact) mass is 465 g/mol. The number of sulfonamides is 1. The Labute approximate surface area is 182 Å². The van der Waals surface area contributed by atoms with Gasteiger partial charge in [-0.15, -0.1) is 0 Å². The van der Waals surface area contributed by atoms with Gasteiger partial charge in [-0.3, -0.25) is 14.5 Å². The Bertz CT molecular complexity index is 1200. The highest BCUT2D eigenvalue weighted by Crippen LogP contribution is 2.28. The summed E-state index contributed by atoms with van der Waals surface area (Å²) in [6, 6.07) is 12.5. The lowest BCUT2D eigenvalue weighted by atomic mass is 10.2. The normalized spacial score (nSPS) is 11.6. The zero-order chi connectivity index (χ0) is 23.4. The number of ether oxygens (including phenoxy) is 1. The number of benzene rings is 2. The van der Waals surface area contributed by atoms with Gasteiger partial charge in [0.05, 0.1) is 16.3 Å². The third kappa shape index (κ3) is 6.20. The first-order chi connectivity index (χ1) is 15.0. The Hall–Kier alpha value is -3.60. The fourth-order valence-electron chi connectivity index (χ4n) is 2.63. The van der Waals surface area contributed by atoms with Crippen molar-refractivity contribution >= 4 is 27.3 Å². The summed E-state index contributed by atoms with van der Waals surface area (Å²) in [5.74, 6) is -0.770. The number of rotatable bonds is 7. The predicted octanol–water partition coefficient (Wildman–Crippen LogP) is 4.38. The van der Waals surface area contributed by atoms with Crippen LogP contribution in [0.25, 0.3) is 0 Å². The van der Waals surface area contributed by atoms with E-state index in [1.807, 2.05) is 0 Å². The lowest BCUT2D eigenvalue weighted by Gasteiger charge is -2.15. The molecule has 0 aliphatic heterocycles. The molecule has 0 atom stereocenters. The molecule has 3 rings (SSSR count). The summed E-state index contributed by atoms with van der Waals surface area (Å²) < 4.78 is 69.6. The van der Waals surface area contributed by atoms with E-state index in [0.717, 1.165) is 0 Å². The van der Waals surface area contributed by atoms with E-state index in [1.54, 1.807) is 13.0 Å². The van der Waals surface area contributed by atoms with Crippen molar-refractivity contribution in [3.8, 4) is 5.75 Å². The van der Waals surface area contributed by atoms with Gasteiger partial charge in [0.2, 0.25) is 0 Å². The number of anilines is 2. The molecule has 7 nitrogen and oxygen atoms in total. The van der Waals surface area contributed by atoms with Crippen molar-refractivity contribution in [3.63, 3.8) is 0 Å². The number of nitrogens with zero attached hydrogens (tertiary/aromatic N) is 1. The van der Waals surface area contributed by atoms with E-state index in [0.29, 0.717) is 11.3 Å². The maximum absolute atomic E-state index is 12.5. The number of carbonyl (C=O) groups excluding carboxylic acids is 1. The number of hydrogen-bond acceptors (Lipinski definition) is 5. The molecular formula is C21H18F3N3O4S. The van der Waals surface area contributed by atoms with Crippen molar-refractivity contribution in [2.24, 2.45) is 0 Å². The summed E-state index contributed by atoms with van der Waals surface area (Å²) in [6.45, 7) is 0.168. The number of nitrogens with one attached hydrogen (secondary N) is 2. The van der Waals surface area contributed by atoms with Crippen LogP contribution in [-0.2, 0) is 10.0 Å². The molecule has 0 unspecified atom stereocenters. The standard InChI is InChI=1S/C21H18F3N3O4S/c1-14-2-7-18(19(12-14)31-13-21(22,23)24)26-20(28)15-3-5-17(6-4-15)32(29,30)27-16-8-10-25-11-9-16/h2-12H,13H2,1H3,(H,25,27)(H,26,28). The number of halogens is 3. The SMILES string of the molecule is Cc1ccc(NC(=O)c2ccc(S(=O)(=O)Nc3ccncc3)cc2)c(OCC(F)(F)F)c1.